The second-order valence-electron chi connectivity index (χ2n) is 10.9. The fraction of sp³-hybridized carbons (Fsp3) is 0.483. The van der Waals surface area contributed by atoms with Gasteiger partial charge < -0.3 is 14.5 Å². The Hall–Kier alpha value is -2.82. The number of nitrogens with one attached hydrogen (secondary N) is 1. The molecule has 1 atom stereocenters. The van der Waals surface area contributed by atoms with E-state index in [4.69, 9.17) is 4.74 Å². The molecule has 206 valence electrons. The maximum atomic E-state index is 14.7. The Balaban J connectivity index is 1.12. The van der Waals surface area contributed by atoms with Crippen molar-refractivity contribution in [2.75, 3.05) is 44.3 Å². The van der Waals surface area contributed by atoms with Crippen LogP contribution in [0.25, 0.3) is 0 Å². The molecular weight excluding hydrogens is 567 g/mol. The lowest BCUT2D eigenvalue weighted by Gasteiger charge is -2.33. The Morgan fingerprint density at radius 3 is 2.49 bits per heavy atom. The topological polar surface area (TPSA) is 82.2 Å². The summed E-state index contributed by atoms with van der Waals surface area (Å²) >= 11 is 3.76. The summed E-state index contributed by atoms with van der Waals surface area (Å²) in [6, 6.07) is 8.73. The predicted octanol–water partition coefficient (Wildman–Crippen LogP) is 3.57. The minimum Gasteiger partial charge on any atom is -0.378 e. The zero-order chi connectivity index (χ0) is 27.1. The summed E-state index contributed by atoms with van der Waals surface area (Å²) < 4.78 is 21.3. The highest BCUT2D eigenvalue weighted by atomic mass is 79.9. The second kappa shape index (κ2) is 11.0. The molecule has 4 aliphatic heterocycles. The number of imide groups is 1. The van der Waals surface area contributed by atoms with Gasteiger partial charge in [0.15, 0.2) is 0 Å². The molecule has 0 aromatic heterocycles. The van der Waals surface area contributed by atoms with Crippen LogP contribution in [0.4, 0.5) is 10.1 Å². The van der Waals surface area contributed by atoms with E-state index >= 15 is 0 Å². The molecule has 6 rings (SSSR count). The first kappa shape index (κ1) is 26.4. The van der Waals surface area contributed by atoms with E-state index in [1.165, 1.54) is 22.2 Å². The lowest BCUT2D eigenvalue weighted by molar-refractivity contribution is -0.136. The molecule has 2 aromatic carbocycles. The molecule has 8 nitrogen and oxygen atoms in total. The monoisotopic (exact) mass is 598 g/mol. The molecule has 0 saturated carbocycles. The van der Waals surface area contributed by atoms with E-state index in [-0.39, 0.29) is 30.7 Å². The number of halogens is 2. The predicted molar refractivity (Wildman–Crippen MR) is 147 cm³/mol. The standard InChI is InChI=1S/C29H32BrFN4O4/c30-24-13-18(1-2-25(24)34-9-11-39-12-10-34)16-33-7-5-19(6-8-33)21-14-20(31)15-22-23(21)17-35(29(22)38)26-3-4-27(36)32-28(26)37/h1-2,13-15,19,26H,3-12,16-17H2,(H,32,36,37). The minimum absolute atomic E-state index is 0.149. The van der Waals surface area contributed by atoms with Crippen molar-refractivity contribution in [2.24, 2.45) is 0 Å². The van der Waals surface area contributed by atoms with Crippen molar-refractivity contribution in [3.05, 3.63) is 62.9 Å². The zero-order valence-corrected chi connectivity index (χ0v) is 23.3. The van der Waals surface area contributed by atoms with Crippen molar-refractivity contribution >= 4 is 39.3 Å². The lowest BCUT2D eigenvalue weighted by atomic mass is 9.85. The number of anilines is 1. The normalized spacial score (nSPS) is 22.8. The maximum absolute atomic E-state index is 14.7. The molecule has 0 bridgehead atoms. The van der Waals surface area contributed by atoms with Crippen molar-refractivity contribution in [3.63, 3.8) is 0 Å². The fourth-order valence-corrected chi connectivity index (χ4v) is 7.06. The summed E-state index contributed by atoms with van der Waals surface area (Å²) in [7, 11) is 0. The maximum Gasteiger partial charge on any atom is 0.255 e. The molecule has 39 heavy (non-hydrogen) atoms. The highest BCUT2D eigenvalue weighted by Gasteiger charge is 2.41. The third-order valence-corrected chi connectivity index (χ3v) is 9.09. The number of benzene rings is 2. The Kier molecular flexibility index (Phi) is 7.43. The van der Waals surface area contributed by atoms with E-state index < -0.39 is 17.8 Å². The average Bonchev–Trinajstić information content (AvgIpc) is 3.25. The highest BCUT2D eigenvalue weighted by Crippen LogP contribution is 2.38. The summed E-state index contributed by atoms with van der Waals surface area (Å²) in [4.78, 5) is 43.5. The van der Waals surface area contributed by atoms with E-state index in [2.05, 4.69) is 49.2 Å². The molecule has 4 heterocycles. The van der Waals surface area contributed by atoms with Crippen molar-refractivity contribution in [3.8, 4) is 0 Å². The highest BCUT2D eigenvalue weighted by molar-refractivity contribution is 9.10. The van der Waals surface area contributed by atoms with Gasteiger partial charge in [-0.3, -0.25) is 24.6 Å². The zero-order valence-electron chi connectivity index (χ0n) is 21.8. The quantitative estimate of drug-likeness (QED) is 0.530. The van der Waals surface area contributed by atoms with Crippen LogP contribution in [0.2, 0.25) is 0 Å². The molecule has 3 saturated heterocycles. The van der Waals surface area contributed by atoms with E-state index in [0.29, 0.717) is 12.0 Å². The first-order valence-corrected chi connectivity index (χ1v) is 14.5. The van der Waals surface area contributed by atoms with E-state index in [1.54, 1.807) is 6.07 Å². The molecule has 4 aliphatic rings. The van der Waals surface area contributed by atoms with Crippen LogP contribution in [0.3, 0.4) is 0 Å². The van der Waals surface area contributed by atoms with Gasteiger partial charge in [-0.25, -0.2) is 4.39 Å². The van der Waals surface area contributed by atoms with E-state index in [0.717, 1.165) is 74.4 Å². The van der Waals surface area contributed by atoms with Gasteiger partial charge in [-0.2, -0.15) is 0 Å². The van der Waals surface area contributed by atoms with Crippen molar-refractivity contribution in [1.82, 2.24) is 15.1 Å². The van der Waals surface area contributed by atoms with Crippen LogP contribution in [0.15, 0.2) is 34.8 Å². The Bertz CT molecular complexity index is 1310. The van der Waals surface area contributed by atoms with Gasteiger partial charge in [-0.05, 0) is 95.2 Å². The lowest BCUT2D eigenvalue weighted by Crippen LogP contribution is -2.52. The summed E-state index contributed by atoms with van der Waals surface area (Å²) in [5.74, 6) is -1.37. The Morgan fingerprint density at radius 2 is 1.77 bits per heavy atom. The van der Waals surface area contributed by atoms with Crippen molar-refractivity contribution in [1.29, 1.82) is 0 Å². The van der Waals surface area contributed by atoms with Gasteiger partial charge in [0.1, 0.15) is 11.9 Å². The number of hydrogen-bond donors (Lipinski definition) is 1. The van der Waals surface area contributed by atoms with Gasteiger partial charge in [-0.15, -0.1) is 0 Å². The third kappa shape index (κ3) is 5.34. The molecule has 10 heteroatoms. The fourth-order valence-electron chi connectivity index (χ4n) is 6.39. The average molecular weight is 600 g/mol. The summed E-state index contributed by atoms with van der Waals surface area (Å²) in [5.41, 5.74) is 4.50. The number of fused-ring (bicyclic) bond motifs is 1. The molecule has 1 N–H and O–H groups in total. The molecular formula is C29H32BrFN4O4. The van der Waals surface area contributed by atoms with Crippen LogP contribution in [0, 0.1) is 5.82 Å². The van der Waals surface area contributed by atoms with Crippen LogP contribution < -0.4 is 10.2 Å². The van der Waals surface area contributed by atoms with E-state index in [9.17, 15) is 18.8 Å². The number of ether oxygens (including phenoxy) is 1. The summed E-state index contributed by atoms with van der Waals surface area (Å²) in [5, 5.41) is 2.33. The van der Waals surface area contributed by atoms with Gasteiger partial charge in [0.2, 0.25) is 11.8 Å². The Morgan fingerprint density at radius 1 is 1.00 bits per heavy atom. The summed E-state index contributed by atoms with van der Waals surface area (Å²) in [6.07, 6.45) is 2.23. The molecule has 2 aromatic rings. The van der Waals surface area contributed by atoms with Crippen LogP contribution >= 0.6 is 15.9 Å². The summed E-state index contributed by atoms with van der Waals surface area (Å²) in [6.45, 7) is 6.17. The number of hydrogen-bond acceptors (Lipinski definition) is 6. The number of piperidine rings is 2. The van der Waals surface area contributed by atoms with Crippen LogP contribution in [-0.4, -0.2) is 73.0 Å². The number of carbonyl (C=O) groups excluding carboxylic acids is 3. The van der Waals surface area contributed by atoms with Gasteiger partial charge in [0.25, 0.3) is 5.91 Å². The molecule has 0 spiro atoms. The van der Waals surface area contributed by atoms with Gasteiger partial charge in [0.05, 0.1) is 18.9 Å². The molecule has 0 aliphatic carbocycles. The number of rotatable bonds is 5. The van der Waals surface area contributed by atoms with Crippen LogP contribution in [0.5, 0.6) is 0 Å². The van der Waals surface area contributed by atoms with Gasteiger partial charge in [0, 0.05) is 42.6 Å². The number of amides is 3. The molecule has 3 fully saturated rings. The third-order valence-electron chi connectivity index (χ3n) is 8.45. The van der Waals surface area contributed by atoms with Crippen molar-refractivity contribution in [2.45, 2.75) is 50.7 Å². The number of morpholine rings is 1. The van der Waals surface area contributed by atoms with E-state index in [1.807, 2.05) is 0 Å². The largest absolute Gasteiger partial charge is 0.378 e. The first-order chi connectivity index (χ1) is 18.9. The Labute approximate surface area is 235 Å². The molecule has 1 unspecified atom stereocenters. The van der Waals surface area contributed by atoms with Gasteiger partial charge >= 0.3 is 0 Å². The van der Waals surface area contributed by atoms with Crippen LogP contribution in [0.1, 0.15) is 58.6 Å². The SMILES string of the molecule is O=C1CCC(N2Cc3c(cc(F)cc3C3CCN(Cc4ccc(N5CCOCC5)c(Br)c4)CC3)C2=O)C(=O)N1. The molecule has 3 amide bonds. The smallest absolute Gasteiger partial charge is 0.255 e. The second-order valence-corrected chi connectivity index (χ2v) is 11.7. The van der Waals surface area contributed by atoms with Crippen LogP contribution in [-0.2, 0) is 27.4 Å². The van der Waals surface area contributed by atoms with Crippen molar-refractivity contribution < 1.29 is 23.5 Å². The first-order valence-electron chi connectivity index (χ1n) is 13.7. The molecule has 0 radical (unpaired) electrons. The number of likely N-dealkylation sites (tertiary alicyclic amines) is 1. The number of carbonyl (C=O) groups is 3. The minimum atomic E-state index is -0.700. The number of nitrogens with zero attached hydrogens (tertiary/aromatic N) is 3. The van der Waals surface area contributed by atoms with Gasteiger partial charge in [-0.1, -0.05) is 6.07 Å².